The van der Waals surface area contributed by atoms with Crippen LogP contribution in [-0.2, 0) is 11.8 Å². The van der Waals surface area contributed by atoms with Crippen LogP contribution in [0.5, 0.6) is 0 Å². The summed E-state index contributed by atoms with van der Waals surface area (Å²) in [5, 5.41) is 21.1. The maximum Gasteiger partial charge on any atom is 0.254 e. The molecule has 2 heterocycles. The Kier molecular flexibility index (Phi) is 4.43. The first-order chi connectivity index (χ1) is 11.5. The summed E-state index contributed by atoms with van der Waals surface area (Å²) in [6.07, 6.45) is 5.42. The Morgan fingerprint density at radius 1 is 1.25 bits per heavy atom. The molecule has 0 radical (unpaired) electrons. The van der Waals surface area contributed by atoms with Crippen LogP contribution in [-0.4, -0.2) is 30.6 Å². The molecule has 0 spiro atoms. The highest BCUT2D eigenvalue weighted by Gasteiger charge is 2.21. The molecule has 0 unspecified atom stereocenters. The third kappa shape index (κ3) is 3.36. The number of aliphatic hydroxyl groups excluding tert-OH is 1. The van der Waals surface area contributed by atoms with Crippen LogP contribution in [0.3, 0.4) is 0 Å². The Bertz CT molecular complexity index is 825. The van der Waals surface area contributed by atoms with E-state index in [1.165, 1.54) is 6.20 Å². The van der Waals surface area contributed by atoms with Crippen molar-refractivity contribution in [1.82, 2.24) is 24.9 Å². The summed E-state index contributed by atoms with van der Waals surface area (Å²) in [7, 11) is 1.73. The van der Waals surface area contributed by atoms with Gasteiger partial charge in [-0.25, -0.2) is 4.68 Å². The zero-order valence-corrected chi connectivity index (χ0v) is 13.5. The van der Waals surface area contributed by atoms with Crippen molar-refractivity contribution >= 4 is 5.91 Å². The molecule has 0 fully saturated rings. The van der Waals surface area contributed by atoms with E-state index in [0.717, 1.165) is 11.3 Å². The van der Waals surface area contributed by atoms with Gasteiger partial charge in [0.2, 0.25) is 0 Å². The fourth-order valence-corrected chi connectivity index (χ4v) is 2.47. The first-order valence-electron chi connectivity index (χ1n) is 7.61. The summed E-state index contributed by atoms with van der Waals surface area (Å²) in [6.45, 7) is 1.87. The first kappa shape index (κ1) is 15.9. The van der Waals surface area contributed by atoms with Crippen molar-refractivity contribution in [2.24, 2.45) is 7.05 Å². The van der Waals surface area contributed by atoms with Crippen LogP contribution in [0.15, 0.2) is 55.1 Å². The van der Waals surface area contributed by atoms with Gasteiger partial charge in [-0.1, -0.05) is 12.1 Å². The highest BCUT2D eigenvalue weighted by Crippen LogP contribution is 2.18. The molecule has 2 N–H and O–H groups in total. The van der Waals surface area contributed by atoms with Gasteiger partial charge in [0.05, 0.1) is 17.9 Å². The van der Waals surface area contributed by atoms with Gasteiger partial charge in [0.15, 0.2) is 6.10 Å². The molecular weight excluding hydrogens is 306 g/mol. The molecule has 0 bridgehead atoms. The topological polar surface area (TPSA) is 85.0 Å². The number of hydrogen-bond acceptors (Lipinski definition) is 4. The summed E-state index contributed by atoms with van der Waals surface area (Å²) in [5.74, 6) is -0.458. The number of aromatic nitrogens is 4. The highest BCUT2D eigenvalue weighted by molar-refractivity contribution is 5.82. The van der Waals surface area contributed by atoms with Crippen LogP contribution in [0.4, 0.5) is 0 Å². The lowest BCUT2D eigenvalue weighted by molar-refractivity contribution is -0.130. The number of nitrogens with zero attached hydrogens (tertiary/aromatic N) is 4. The van der Waals surface area contributed by atoms with Gasteiger partial charge in [0.25, 0.3) is 5.91 Å². The van der Waals surface area contributed by atoms with E-state index >= 15 is 0 Å². The van der Waals surface area contributed by atoms with E-state index in [0.29, 0.717) is 5.56 Å². The minimum atomic E-state index is -1.24. The van der Waals surface area contributed by atoms with Gasteiger partial charge in [-0.2, -0.15) is 10.2 Å². The molecular formula is C17H19N5O2. The molecule has 1 amide bonds. The molecule has 3 aromatic rings. The Morgan fingerprint density at radius 3 is 2.75 bits per heavy atom. The molecule has 3 rings (SSSR count). The molecule has 2 atom stereocenters. The third-order valence-electron chi connectivity index (χ3n) is 3.79. The quantitative estimate of drug-likeness (QED) is 0.745. The van der Waals surface area contributed by atoms with Crippen molar-refractivity contribution in [2.45, 2.75) is 19.1 Å². The molecule has 0 saturated carbocycles. The highest BCUT2D eigenvalue weighted by atomic mass is 16.3. The van der Waals surface area contributed by atoms with E-state index in [1.807, 2.05) is 43.5 Å². The number of aryl methyl sites for hydroxylation is 1. The van der Waals surface area contributed by atoms with Gasteiger partial charge >= 0.3 is 0 Å². The summed E-state index contributed by atoms with van der Waals surface area (Å²) >= 11 is 0. The van der Waals surface area contributed by atoms with Gasteiger partial charge in [-0.05, 0) is 30.7 Å². The molecule has 1 aromatic carbocycles. The van der Waals surface area contributed by atoms with Crippen molar-refractivity contribution in [2.75, 3.05) is 0 Å². The van der Waals surface area contributed by atoms with Crippen LogP contribution >= 0.6 is 0 Å². The average Bonchev–Trinajstić information content (AvgIpc) is 3.25. The van der Waals surface area contributed by atoms with Crippen molar-refractivity contribution < 1.29 is 9.90 Å². The Balaban J connectivity index is 1.71. The van der Waals surface area contributed by atoms with Gasteiger partial charge < -0.3 is 10.4 Å². The number of benzene rings is 1. The average molecular weight is 325 g/mol. The summed E-state index contributed by atoms with van der Waals surface area (Å²) in [4.78, 5) is 12.2. The van der Waals surface area contributed by atoms with Crippen LogP contribution < -0.4 is 5.32 Å². The molecule has 24 heavy (non-hydrogen) atoms. The molecule has 2 aromatic heterocycles. The van der Waals surface area contributed by atoms with E-state index in [2.05, 4.69) is 15.5 Å². The monoisotopic (exact) mass is 325 g/mol. The number of hydrogen-bond donors (Lipinski definition) is 2. The largest absolute Gasteiger partial charge is 0.378 e. The normalized spacial score (nSPS) is 13.5. The van der Waals surface area contributed by atoms with Gasteiger partial charge in [-0.3, -0.25) is 9.48 Å². The Morgan fingerprint density at radius 2 is 2.08 bits per heavy atom. The second-order valence-corrected chi connectivity index (χ2v) is 5.63. The number of aliphatic hydroxyl groups is 1. The van der Waals surface area contributed by atoms with Crippen molar-refractivity contribution in [3.05, 3.63) is 66.2 Å². The maximum atomic E-state index is 12.2. The Hall–Kier alpha value is -2.93. The predicted molar refractivity (Wildman–Crippen MR) is 88.3 cm³/mol. The smallest absolute Gasteiger partial charge is 0.254 e. The van der Waals surface area contributed by atoms with Gasteiger partial charge in [-0.15, -0.1) is 0 Å². The lowest BCUT2D eigenvalue weighted by Crippen LogP contribution is -2.31. The maximum absolute atomic E-state index is 12.2. The van der Waals surface area contributed by atoms with E-state index in [9.17, 15) is 9.90 Å². The predicted octanol–water partition coefficient (Wildman–Crippen LogP) is 1.52. The molecule has 0 aliphatic carbocycles. The number of amides is 1. The first-order valence-corrected chi connectivity index (χ1v) is 7.61. The van der Waals surface area contributed by atoms with Crippen LogP contribution in [0.1, 0.15) is 30.2 Å². The second kappa shape index (κ2) is 6.67. The molecule has 0 aliphatic heterocycles. The summed E-state index contributed by atoms with van der Waals surface area (Å²) in [6, 6.07) is 9.33. The van der Waals surface area contributed by atoms with Crippen LogP contribution in [0, 0.1) is 0 Å². The zero-order valence-electron chi connectivity index (χ0n) is 13.5. The van der Waals surface area contributed by atoms with Crippen LogP contribution in [0.25, 0.3) is 5.69 Å². The van der Waals surface area contributed by atoms with Crippen molar-refractivity contribution in [1.29, 1.82) is 0 Å². The molecule has 7 heteroatoms. The number of carbonyl (C=O) groups excluding carboxylic acids is 1. The Labute approximate surface area is 139 Å². The lowest BCUT2D eigenvalue weighted by atomic mass is 10.1. The van der Waals surface area contributed by atoms with Crippen LogP contribution in [0.2, 0.25) is 0 Å². The van der Waals surface area contributed by atoms with Crippen molar-refractivity contribution in [3.8, 4) is 5.69 Å². The minimum Gasteiger partial charge on any atom is -0.378 e. The van der Waals surface area contributed by atoms with Crippen molar-refractivity contribution in [3.63, 3.8) is 0 Å². The van der Waals surface area contributed by atoms with E-state index in [1.54, 1.807) is 28.8 Å². The standard InChI is InChI=1S/C17H19N5O2/c1-12(20-17(24)16(23)14-10-19-21(2)11-14)13-5-3-6-15(9-13)22-8-4-7-18-22/h3-12,16,23H,1-2H3,(H,20,24)/t12-,16-/m0/s1. The summed E-state index contributed by atoms with van der Waals surface area (Å²) < 4.78 is 3.30. The molecule has 124 valence electrons. The minimum absolute atomic E-state index is 0.251. The lowest BCUT2D eigenvalue weighted by Gasteiger charge is -2.17. The fourth-order valence-electron chi connectivity index (χ4n) is 2.47. The second-order valence-electron chi connectivity index (χ2n) is 5.63. The third-order valence-corrected chi connectivity index (χ3v) is 3.79. The molecule has 0 saturated heterocycles. The zero-order chi connectivity index (χ0) is 17.1. The SMILES string of the molecule is C[C@H](NC(=O)[C@@H](O)c1cnn(C)c1)c1cccc(-n2cccn2)c1. The van der Waals surface area contributed by atoms with E-state index in [-0.39, 0.29) is 6.04 Å². The summed E-state index contributed by atoms with van der Waals surface area (Å²) in [5.41, 5.74) is 2.30. The number of rotatable bonds is 5. The van der Waals surface area contributed by atoms with E-state index < -0.39 is 12.0 Å². The number of nitrogens with one attached hydrogen (secondary N) is 1. The molecule has 0 aliphatic rings. The number of carbonyl (C=O) groups is 1. The fraction of sp³-hybridized carbons (Fsp3) is 0.235. The molecule has 7 nitrogen and oxygen atoms in total. The van der Waals surface area contributed by atoms with Gasteiger partial charge in [0.1, 0.15) is 0 Å². The van der Waals surface area contributed by atoms with E-state index in [4.69, 9.17) is 0 Å². The van der Waals surface area contributed by atoms with Gasteiger partial charge in [0, 0.05) is 31.2 Å².